The van der Waals surface area contributed by atoms with Gasteiger partial charge in [0, 0.05) is 29.3 Å². The molecular weight excluding hydrogens is 388 g/mol. The van der Waals surface area contributed by atoms with Gasteiger partial charge in [0.2, 0.25) is 0 Å². The molecule has 3 unspecified atom stereocenters. The van der Waals surface area contributed by atoms with E-state index in [-0.39, 0.29) is 24.3 Å². The first kappa shape index (κ1) is 19.7. The van der Waals surface area contributed by atoms with Crippen molar-refractivity contribution >= 4 is 28.8 Å². The number of aliphatic carboxylic acids is 1. The third-order valence-corrected chi connectivity index (χ3v) is 6.86. The minimum absolute atomic E-state index is 0.116. The molecule has 0 aromatic heterocycles. The predicted octanol–water partition coefficient (Wildman–Crippen LogP) is 5.18. The zero-order valence-corrected chi connectivity index (χ0v) is 17.4. The van der Waals surface area contributed by atoms with Gasteiger partial charge >= 0.3 is 5.97 Å². The third-order valence-electron chi connectivity index (χ3n) is 6.86. The van der Waals surface area contributed by atoms with E-state index < -0.39 is 5.97 Å². The zero-order chi connectivity index (χ0) is 21.4. The number of amides is 1. The Kier molecular flexibility index (Phi) is 5.18. The monoisotopic (exact) mass is 414 g/mol. The predicted molar refractivity (Wildman–Crippen MR) is 122 cm³/mol. The molecule has 2 heterocycles. The SMILES string of the molecule is O=C(O)CCC1C(C=C2C(=O)Nc3cc(-c4ccccc4)ccc32)=NC2CCCCC21. The molecule has 1 saturated carbocycles. The van der Waals surface area contributed by atoms with E-state index >= 15 is 0 Å². The van der Waals surface area contributed by atoms with E-state index in [9.17, 15) is 14.7 Å². The summed E-state index contributed by atoms with van der Waals surface area (Å²) < 4.78 is 0. The number of carboxylic acid groups (broad SMARTS) is 1. The van der Waals surface area contributed by atoms with Crippen LogP contribution in [0.3, 0.4) is 0 Å². The van der Waals surface area contributed by atoms with Crippen LogP contribution in [-0.4, -0.2) is 28.7 Å². The van der Waals surface area contributed by atoms with Gasteiger partial charge in [-0.1, -0.05) is 55.3 Å². The van der Waals surface area contributed by atoms with Crippen LogP contribution in [0.25, 0.3) is 16.7 Å². The Morgan fingerprint density at radius 1 is 1.10 bits per heavy atom. The van der Waals surface area contributed by atoms with Crippen LogP contribution in [0.5, 0.6) is 0 Å². The number of hydrogen-bond acceptors (Lipinski definition) is 3. The minimum Gasteiger partial charge on any atom is -0.481 e. The average molecular weight is 415 g/mol. The normalized spacial score (nSPS) is 25.7. The van der Waals surface area contributed by atoms with Crippen LogP contribution < -0.4 is 5.32 Å². The smallest absolute Gasteiger partial charge is 0.303 e. The topological polar surface area (TPSA) is 78.8 Å². The highest BCUT2D eigenvalue weighted by Crippen LogP contribution is 2.42. The summed E-state index contributed by atoms with van der Waals surface area (Å²) >= 11 is 0. The minimum atomic E-state index is -0.774. The highest BCUT2D eigenvalue weighted by molar-refractivity contribution is 6.34. The summed E-state index contributed by atoms with van der Waals surface area (Å²) in [6, 6.07) is 16.4. The van der Waals surface area contributed by atoms with Gasteiger partial charge in [0.1, 0.15) is 0 Å². The highest BCUT2D eigenvalue weighted by Gasteiger charge is 2.40. The van der Waals surface area contributed by atoms with E-state index in [0.717, 1.165) is 40.9 Å². The van der Waals surface area contributed by atoms with E-state index in [4.69, 9.17) is 4.99 Å². The van der Waals surface area contributed by atoms with Crippen LogP contribution in [0.4, 0.5) is 5.69 Å². The van der Waals surface area contributed by atoms with Gasteiger partial charge < -0.3 is 10.4 Å². The number of nitrogens with one attached hydrogen (secondary N) is 1. The molecule has 3 aliphatic rings. The van der Waals surface area contributed by atoms with Crippen molar-refractivity contribution in [3.63, 3.8) is 0 Å². The first-order chi connectivity index (χ1) is 15.1. The van der Waals surface area contributed by atoms with Crippen molar-refractivity contribution in [1.82, 2.24) is 0 Å². The summed E-state index contributed by atoms with van der Waals surface area (Å²) in [4.78, 5) is 29.0. The fraction of sp³-hybridized carbons (Fsp3) is 0.346. The first-order valence-electron chi connectivity index (χ1n) is 11.1. The van der Waals surface area contributed by atoms with Crippen molar-refractivity contribution < 1.29 is 14.7 Å². The van der Waals surface area contributed by atoms with Gasteiger partial charge in [0.25, 0.3) is 5.91 Å². The number of rotatable bonds is 5. The Bertz CT molecular complexity index is 1090. The fourth-order valence-electron chi connectivity index (χ4n) is 5.36. The van der Waals surface area contributed by atoms with Gasteiger partial charge in [-0.25, -0.2) is 0 Å². The van der Waals surface area contributed by atoms with Crippen molar-refractivity contribution in [2.45, 2.75) is 44.6 Å². The Balaban J connectivity index is 1.47. The summed E-state index contributed by atoms with van der Waals surface area (Å²) in [7, 11) is 0. The van der Waals surface area contributed by atoms with Crippen molar-refractivity contribution in [1.29, 1.82) is 0 Å². The molecule has 158 valence electrons. The second-order valence-electron chi connectivity index (χ2n) is 8.75. The number of carboxylic acids is 1. The number of aliphatic imine (C=N–C) groups is 1. The van der Waals surface area contributed by atoms with Crippen molar-refractivity contribution in [3.05, 3.63) is 60.2 Å². The second kappa shape index (κ2) is 8.14. The molecule has 5 heteroatoms. The van der Waals surface area contributed by atoms with Crippen LogP contribution in [0.2, 0.25) is 0 Å². The van der Waals surface area contributed by atoms with Crippen LogP contribution >= 0.6 is 0 Å². The van der Waals surface area contributed by atoms with Gasteiger partial charge in [-0.05, 0) is 48.4 Å². The quantitative estimate of drug-likeness (QED) is 0.662. The standard InChI is InChI=1S/C26H26N2O3/c29-25(30)13-12-19-18-8-4-5-9-22(18)27-24(19)15-21-20-11-10-17(14-23(20)28-26(21)31)16-6-2-1-3-7-16/h1-3,6-7,10-11,14-15,18-19,22H,4-5,8-9,12-13H2,(H,28,31)(H,29,30). The molecular formula is C26H26N2O3. The lowest BCUT2D eigenvalue weighted by molar-refractivity contribution is -0.137. The van der Waals surface area contributed by atoms with E-state index in [1.54, 1.807) is 0 Å². The molecule has 2 aliphatic heterocycles. The molecule has 1 aliphatic carbocycles. The van der Waals surface area contributed by atoms with Gasteiger partial charge in [-0.2, -0.15) is 0 Å². The molecule has 2 N–H and O–H groups in total. The summed E-state index contributed by atoms with van der Waals surface area (Å²) in [5, 5.41) is 12.2. The van der Waals surface area contributed by atoms with Gasteiger partial charge in [0.05, 0.1) is 11.6 Å². The van der Waals surface area contributed by atoms with E-state index in [2.05, 4.69) is 17.4 Å². The fourth-order valence-corrected chi connectivity index (χ4v) is 5.36. The lowest BCUT2D eigenvalue weighted by atomic mass is 9.75. The highest BCUT2D eigenvalue weighted by atomic mass is 16.4. The number of anilines is 1. The molecule has 0 bridgehead atoms. The summed E-state index contributed by atoms with van der Waals surface area (Å²) in [5.41, 5.74) is 5.41. The van der Waals surface area contributed by atoms with Gasteiger partial charge in [-0.15, -0.1) is 0 Å². The number of nitrogens with zero attached hydrogens (tertiary/aromatic N) is 1. The third kappa shape index (κ3) is 3.80. The zero-order valence-electron chi connectivity index (χ0n) is 17.4. The van der Waals surface area contributed by atoms with E-state index in [1.807, 2.05) is 42.5 Å². The molecule has 2 aromatic rings. The van der Waals surface area contributed by atoms with Gasteiger partial charge in [0.15, 0.2) is 0 Å². The molecule has 31 heavy (non-hydrogen) atoms. The summed E-state index contributed by atoms with van der Waals surface area (Å²) in [5.74, 6) is -0.364. The van der Waals surface area contributed by atoms with Gasteiger partial charge in [-0.3, -0.25) is 14.6 Å². The molecule has 3 atom stereocenters. The van der Waals surface area contributed by atoms with Crippen molar-refractivity contribution in [2.75, 3.05) is 5.32 Å². The Hall–Kier alpha value is -3.21. The summed E-state index contributed by atoms with van der Waals surface area (Å²) in [6.07, 6.45) is 7.15. The second-order valence-corrected chi connectivity index (χ2v) is 8.75. The number of benzene rings is 2. The number of allylic oxidation sites excluding steroid dienone is 1. The summed E-state index contributed by atoms with van der Waals surface area (Å²) in [6.45, 7) is 0. The maximum Gasteiger partial charge on any atom is 0.303 e. The molecule has 5 rings (SSSR count). The number of carbonyl (C=O) groups excluding carboxylic acids is 1. The number of hydrogen-bond donors (Lipinski definition) is 2. The lowest BCUT2D eigenvalue weighted by Gasteiger charge is -2.28. The lowest BCUT2D eigenvalue weighted by Crippen LogP contribution is -2.27. The van der Waals surface area contributed by atoms with Crippen LogP contribution in [0, 0.1) is 11.8 Å². The average Bonchev–Trinajstić information content (AvgIpc) is 3.29. The molecule has 0 spiro atoms. The van der Waals surface area contributed by atoms with E-state index in [0.29, 0.717) is 17.9 Å². The largest absolute Gasteiger partial charge is 0.481 e. The Morgan fingerprint density at radius 3 is 2.71 bits per heavy atom. The van der Waals surface area contributed by atoms with Crippen molar-refractivity contribution in [3.8, 4) is 11.1 Å². The molecule has 5 nitrogen and oxygen atoms in total. The first-order valence-corrected chi connectivity index (χ1v) is 11.1. The van der Waals surface area contributed by atoms with E-state index in [1.165, 1.54) is 12.8 Å². The number of fused-ring (bicyclic) bond motifs is 2. The van der Waals surface area contributed by atoms with Crippen LogP contribution in [0.15, 0.2) is 59.6 Å². The maximum atomic E-state index is 12.8. The van der Waals surface area contributed by atoms with Crippen LogP contribution in [0.1, 0.15) is 44.1 Å². The Labute approximate surface area is 181 Å². The van der Waals surface area contributed by atoms with Crippen molar-refractivity contribution in [2.24, 2.45) is 16.8 Å². The Morgan fingerprint density at radius 2 is 1.90 bits per heavy atom. The number of carbonyl (C=O) groups is 2. The molecule has 2 aromatic carbocycles. The molecule has 0 radical (unpaired) electrons. The molecule has 0 saturated heterocycles. The van der Waals surface area contributed by atoms with Crippen LogP contribution in [-0.2, 0) is 9.59 Å². The molecule has 1 amide bonds. The maximum absolute atomic E-state index is 12.8. The molecule has 1 fully saturated rings.